The van der Waals surface area contributed by atoms with Crippen molar-refractivity contribution < 1.29 is 9.15 Å². The number of methoxy groups -OCH3 is 1. The Hall–Kier alpha value is -0.520. The second-order valence-electron chi connectivity index (χ2n) is 3.78. The van der Waals surface area contributed by atoms with Crippen LogP contribution in [0.4, 0.5) is 0 Å². The smallest absolute Gasteiger partial charge is 0.149 e. The lowest BCUT2D eigenvalue weighted by Gasteiger charge is -2.04. The van der Waals surface area contributed by atoms with Crippen LogP contribution in [-0.4, -0.2) is 7.11 Å². The molecule has 3 nitrogen and oxygen atoms in total. The van der Waals surface area contributed by atoms with Crippen molar-refractivity contribution in [3.8, 4) is 5.75 Å². The molecule has 1 aromatic heterocycles. The Morgan fingerprint density at radius 1 is 1.41 bits per heavy atom. The zero-order chi connectivity index (χ0) is 12.6. The van der Waals surface area contributed by atoms with E-state index >= 15 is 0 Å². The summed E-state index contributed by atoms with van der Waals surface area (Å²) in [5.41, 5.74) is 6.76. The van der Waals surface area contributed by atoms with Gasteiger partial charge in [0.05, 0.1) is 22.1 Å². The summed E-state index contributed by atoms with van der Waals surface area (Å²) < 4.78 is 12.8. The van der Waals surface area contributed by atoms with Gasteiger partial charge in [0, 0.05) is 5.39 Å². The molecule has 0 saturated carbocycles. The summed E-state index contributed by atoms with van der Waals surface area (Å²) in [6.07, 6.45) is 0.839. The number of ether oxygens (including phenoxy) is 1. The Bertz CT molecular complexity index is 551. The van der Waals surface area contributed by atoms with E-state index in [0.29, 0.717) is 0 Å². The molecule has 2 N–H and O–H groups in total. The first kappa shape index (κ1) is 12.9. The molecule has 92 valence electrons. The van der Waals surface area contributed by atoms with Gasteiger partial charge in [-0.3, -0.25) is 0 Å². The van der Waals surface area contributed by atoms with Crippen molar-refractivity contribution >= 4 is 42.8 Å². The number of furan rings is 1. The van der Waals surface area contributed by atoms with E-state index in [1.165, 1.54) is 0 Å². The summed E-state index contributed by atoms with van der Waals surface area (Å²) in [7, 11) is 1.64. The molecule has 2 aromatic rings. The van der Waals surface area contributed by atoms with Crippen LogP contribution in [0.25, 0.3) is 11.0 Å². The first-order chi connectivity index (χ1) is 8.08. The topological polar surface area (TPSA) is 48.4 Å². The third-order valence-electron chi connectivity index (χ3n) is 2.70. The average Bonchev–Trinajstić information content (AvgIpc) is 2.78. The van der Waals surface area contributed by atoms with Crippen LogP contribution in [0.2, 0.25) is 0 Å². The normalized spacial score (nSPS) is 13.0. The molecule has 0 saturated heterocycles. The summed E-state index contributed by atoms with van der Waals surface area (Å²) in [5.74, 6) is 1.55. The van der Waals surface area contributed by atoms with Crippen LogP contribution in [0.1, 0.15) is 25.1 Å². The summed E-state index contributed by atoms with van der Waals surface area (Å²) in [6.45, 7) is 2.03. The number of benzene rings is 1. The number of rotatable bonds is 3. The van der Waals surface area contributed by atoms with Crippen LogP contribution in [0.3, 0.4) is 0 Å². The molecule has 0 fully saturated rings. The van der Waals surface area contributed by atoms with Crippen LogP contribution >= 0.6 is 31.9 Å². The quantitative estimate of drug-likeness (QED) is 0.881. The maximum Gasteiger partial charge on any atom is 0.149 e. The summed E-state index contributed by atoms with van der Waals surface area (Å²) in [5, 5.41) is 0.968. The summed E-state index contributed by atoms with van der Waals surface area (Å²) >= 11 is 6.99. The molecule has 0 aliphatic heterocycles. The third kappa shape index (κ3) is 2.23. The number of hydrogen-bond donors (Lipinski definition) is 1. The Morgan fingerprint density at radius 2 is 2.12 bits per heavy atom. The number of halogens is 2. The molecule has 1 aromatic carbocycles. The molecule has 1 atom stereocenters. The molecule has 0 bridgehead atoms. The van der Waals surface area contributed by atoms with Gasteiger partial charge in [-0.2, -0.15) is 0 Å². The highest BCUT2D eigenvalue weighted by Gasteiger charge is 2.17. The number of hydrogen-bond acceptors (Lipinski definition) is 3. The molecular weight excluding hydrogens is 350 g/mol. The maximum atomic E-state index is 5.97. The van der Waals surface area contributed by atoms with E-state index in [0.717, 1.165) is 37.8 Å². The fraction of sp³-hybridized carbons (Fsp3) is 0.333. The Morgan fingerprint density at radius 3 is 2.71 bits per heavy atom. The molecule has 0 aliphatic carbocycles. The largest absolute Gasteiger partial charge is 0.496 e. The molecule has 0 radical (unpaired) electrons. The standard InChI is InChI=1S/C12H13Br2NO2/c1-3-8(15)9-4-6-11(14)10(16-2)5-7(13)12(6)17-9/h4-5,8H,3,15H2,1-2H3. The molecular formula is C12H13Br2NO2. The predicted octanol–water partition coefficient (Wildman–Crippen LogP) is 4.38. The second kappa shape index (κ2) is 5.00. The van der Waals surface area contributed by atoms with Gasteiger partial charge in [-0.1, -0.05) is 6.92 Å². The zero-order valence-corrected chi connectivity index (χ0v) is 12.8. The van der Waals surface area contributed by atoms with Crippen molar-refractivity contribution in [3.63, 3.8) is 0 Å². The van der Waals surface area contributed by atoms with Gasteiger partial charge in [-0.05, 0) is 50.4 Å². The van der Waals surface area contributed by atoms with Gasteiger partial charge in [0.1, 0.15) is 17.1 Å². The highest BCUT2D eigenvalue weighted by atomic mass is 79.9. The Balaban J connectivity index is 2.67. The van der Waals surface area contributed by atoms with Gasteiger partial charge < -0.3 is 14.9 Å². The number of nitrogens with two attached hydrogens (primary N) is 1. The lowest BCUT2D eigenvalue weighted by atomic mass is 10.1. The minimum Gasteiger partial charge on any atom is -0.496 e. The molecule has 0 spiro atoms. The van der Waals surface area contributed by atoms with Gasteiger partial charge >= 0.3 is 0 Å². The minimum atomic E-state index is -0.0767. The number of fused-ring (bicyclic) bond motifs is 1. The predicted molar refractivity (Wildman–Crippen MR) is 75.4 cm³/mol. The van der Waals surface area contributed by atoms with Crippen molar-refractivity contribution in [2.75, 3.05) is 7.11 Å². The second-order valence-corrected chi connectivity index (χ2v) is 5.43. The SMILES string of the molecule is CCC(N)c1cc2c(Br)c(OC)cc(Br)c2o1. The third-order valence-corrected chi connectivity index (χ3v) is 4.11. The molecule has 0 amide bonds. The van der Waals surface area contributed by atoms with Gasteiger partial charge in [-0.15, -0.1) is 0 Å². The monoisotopic (exact) mass is 361 g/mol. The fourth-order valence-electron chi connectivity index (χ4n) is 1.66. The molecule has 17 heavy (non-hydrogen) atoms. The first-order valence-corrected chi connectivity index (χ1v) is 6.88. The lowest BCUT2D eigenvalue weighted by molar-refractivity contribution is 0.412. The van der Waals surface area contributed by atoms with Gasteiger partial charge in [0.2, 0.25) is 0 Å². The minimum absolute atomic E-state index is 0.0767. The first-order valence-electron chi connectivity index (χ1n) is 5.29. The summed E-state index contributed by atoms with van der Waals surface area (Å²) in [4.78, 5) is 0. The van der Waals surface area contributed by atoms with Crippen LogP contribution in [0.15, 0.2) is 25.5 Å². The van der Waals surface area contributed by atoms with E-state index in [1.54, 1.807) is 7.11 Å². The molecule has 1 heterocycles. The van der Waals surface area contributed by atoms with E-state index in [2.05, 4.69) is 31.9 Å². The Kier molecular flexibility index (Phi) is 3.80. The Labute approximate surface area is 117 Å². The van der Waals surface area contributed by atoms with Crippen LogP contribution in [0.5, 0.6) is 5.75 Å². The lowest BCUT2D eigenvalue weighted by Crippen LogP contribution is -2.06. The molecule has 2 rings (SSSR count). The van der Waals surface area contributed by atoms with E-state index in [1.807, 2.05) is 19.1 Å². The van der Waals surface area contributed by atoms with E-state index in [-0.39, 0.29) is 6.04 Å². The van der Waals surface area contributed by atoms with Crippen LogP contribution in [-0.2, 0) is 0 Å². The summed E-state index contributed by atoms with van der Waals surface area (Å²) in [6, 6.07) is 3.75. The van der Waals surface area contributed by atoms with E-state index < -0.39 is 0 Å². The average molecular weight is 363 g/mol. The fourth-order valence-corrected chi connectivity index (χ4v) is 2.73. The van der Waals surface area contributed by atoms with Crippen molar-refractivity contribution in [2.24, 2.45) is 5.73 Å². The molecule has 1 unspecified atom stereocenters. The van der Waals surface area contributed by atoms with Gasteiger partial charge in [-0.25, -0.2) is 0 Å². The van der Waals surface area contributed by atoms with Gasteiger partial charge in [0.25, 0.3) is 0 Å². The van der Waals surface area contributed by atoms with E-state index in [4.69, 9.17) is 14.9 Å². The van der Waals surface area contributed by atoms with Gasteiger partial charge in [0.15, 0.2) is 0 Å². The molecule has 0 aliphatic rings. The van der Waals surface area contributed by atoms with Crippen molar-refractivity contribution in [1.29, 1.82) is 0 Å². The van der Waals surface area contributed by atoms with Crippen molar-refractivity contribution in [2.45, 2.75) is 19.4 Å². The highest BCUT2D eigenvalue weighted by Crippen LogP contribution is 2.40. The van der Waals surface area contributed by atoms with E-state index in [9.17, 15) is 0 Å². The zero-order valence-electron chi connectivity index (χ0n) is 9.59. The van der Waals surface area contributed by atoms with Crippen LogP contribution in [0, 0.1) is 0 Å². The van der Waals surface area contributed by atoms with Crippen molar-refractivity contribution in [1.82, 2.24) is 0 Å². The molecule has 5 heteroatoms. The van der Waals surface area contributed by atoms with Crippen LogP contribution < -0.4 is 10.5 Å². The van der Waals surface area contributed by atoms with Crippen molar-refractivity contribution in [3.05, 3.63) is 26.8 Å². The maximum absolute atomic E-state index is 5.97. The highest BCUT2D eigenvalue weighted by molar-refractivity contribution is 9.11.